The minimum absolute atomic E-state index is 0.0557. The SMILES string of the molecule is Cc1onc(-c2c(F)cccc2Cl)c1C(=O)OCC(=O)Nc1nc(-c2cccc(Br)c2)cs1. The van der Waals surface area contributed by atoms with Crippen LogP contribution in [-0.2, 0) is 9.53 Å². The van der Waals surface area contributed by atoms with Crippen molar-refractivity contribution >= 4 is 55.9 Å². The van der Waals surface area contributed by atoms with Crippen LogP contribution in [0.1, 0.15) is 16.1 Å². The second-order valence-corrected chi connectivity index (χ2v) is 8.91. The highest BCUT2D eigenvalue weighted by molar-refractivity contribution is 9.10. The predicted molar refractivity (Wildman–Crippen MR) is 126 cm³/mol. The Balaban J connectivity index is 1.43. The third-order valence-electron chi connectivity index (χ3n) is 4.47. The first-order valence-corrected chi connectivity index (χ1v) is 11.5. The molecule has 0 fully saturated rings. The van der Waals surface area contributed by atoms with Crippen LogP contribution in [0.25, 0.3) is 22.5 Å². The zero-order chi connectivity index (χ0) is 23.5. The summed E-state index contributed by atoms with van der Waals surface area (Å²) in [7, 11) is 0. The van der Waals surface area contributed by atoms with Crippen LogP contribution in [0, 0.1) is 12.7 Å². The van der Waals surface area contributed by atoms with Crippen LogP contribution in [0.15, 0.2) is 56.8 Å². The number of hydrogen-bond donors (Lipinski definition) is 1. The maximum atomic E-state index is 14.3. The van der Waals surface area contributed by atoms with Crippen LogP contribution in [0.5, 0.6) is 0 Å². The molecule has 7 nitrogen and oxygen atoms in total. The van der Waals surface area contributed by atoms with Crippen molar-refractivity contribution in [1.82, 2.24) is 10.1 Å². The Kier molecular flexibility index (Phi) is 6.87. The lowest BCUT2D eigenvalue weighted by atomic mass is 10.1. The van der Waals surface area contributed by atoms with Crippen LogP contribution in [0.3, 0.4) is 0 Å². The number of esters is 1. The topological polar surface area (TPSA) is 94.3 Å². The number of hydrogen-bond acceptors (Lipinski definition) is 7. The summed E-state index contributed by atoms with van der Waals surface area (Å²) in [5.41, 5.74) is 1.28. The van der Waals surface area contributed by atoms with Gasteiger partial charge in [0, 0.05) is 15.4 Å². The van der Waals surface area contributed by atoms with Crippen molar-refractivity contribution in [3.8, 4) is 22.5 Å². The Morgan fingerprint density at radius 2 is 2.06 bits per heavy atom. The van der Waals surface area contributed by atoms with E-state index in [9.17, 15) is 14.0 Å². The van der Waals surface area contributed by atoms with Gasteiger partial charge in [0.1, 0.15) is 22.8 Å². The first-order chi connectivity index (χ1) is 15.8. The standard InChI is InChI=1S/C22H14BrClFN3O4S/c1-11-18(20(28-32-11)19-14(24)6-3-7-15(19)25)21(30)31-9-17(29)27-22-26-16(10-33-22)12-4-2-5-13(23)8-12/h2-8,10H,9H2,1H3,(H,26,27,29). The zero-order valence-electron chi connectivity index (χ0n) is 16.9. The molecule has 0 unspecified atom stereocenters. The molecule has 0 saturated carbocycles. The second kappa shape index (κ2) is 9.82. The predicted octanol–water partition coefficient (Wildman–Crippen LogP) is 6.12. The van der Waals surface area contributed by atoms with Crippen molar-refractivity contribution in [2.75, 3.05) is 11.9 Å². The monoisotopic (exact) mass is 549 g/mol. The van der Waals surface area contributed by atoms with E-state index in [2.05, 4.69) is 31.4 Å². The first-order valence-electron chi connectivity index (χ1n) is 9.42. The Hall–Kier alpha value is -3.08. The highest BCUT2D eigenvalue weighted by atomic mass is 79.9. The molecule has 2 heterocycles. The van der Waals surface area contributed by atoms with Crippen molar-refractivity contribution in [2.24, 2.45) is 0 Å². The van der Waals surface area contributed by atoms with Gasteiger partial charge in [-0.15, -0.1) is 11.3 Å². The van der Waals surface area contributed by atoms with E-state index in [0.29, 0.717) is 10.8 Å². The molecule has 2 aromatic carbocycles. The highest BCUT2D eigenvalue weighted by Gasteiger charge is 2.27. The van der Waals surface area contributed by atoms with Gasteiger partial charge < -0.3 is 9.26 Å². The minimum atomic E-state index is -0.896. The fourth-order valence-electron chi connectivity index (χ4n) is 2.98. The molecule has 0 aliphatic rings. The van der Waals surface area contributed by atoms with Gasteiger partial charge in [-0.3, -0.25) is 10.1 Å². The number of thiazole rings is 1. The van der Waals surface area contributed by atoms with Gasteiger partial charge in [-0.2, -0.15) is 0 Å². The van der Waals surface area contributed by atoms with Crippen LogP contribution in [-0.4, -0.2) is 28.6 Å². The smallest absolute Gasteiger partial charge is 0.344 e. The number of nitrogens with zero attached hydrogens (tertiary/aromatic N) is 2. The summed E-state index contributed by atoms with van der Waals surface area (Å²) in [4.78, 5) is 29.3. The van der Waals surface area contributed by atoms with Gasteiger partial charge in [-0.25, -0.2) is 14.2 Å². The van der Waals surface area contributed by atoms with E-state index in [0.717, 1.165) is 10.0 Å². The molecule has 4 rings (SSSR count). The van der Waals surface area contributed by atoms with Crippen LogP contribution < -0.4 is 5.32 Å². The molecular weight excluding hydrogens is 537 g/mol. The molecule has 1 amide bonds. The Labute approximate surface area is 204 Å². The maximum Gasteiger partial charge on any atom is 0.344 e. The number of halogens is 3. The zero-order valence-corrected chi connectivity index (χ0v) is 20.1. The number of carbonyl (C=O) groups excluding carboxylic acids is 2. The molecule has 2 aromatic heterocycles. The van der Waals surface area contributed by atoms with Crippen LogP contribution >= 0.6 is 38.9 Å². The number of anilines is 1. The number of aryl methyl sites for hydroxylation is 1. The van der Waals surface area contributed by atoms with E-state index in [-0.39, 0.29) is 27.6 Å². The van der Waals surface area contributed by atoms with E-state index in [1.807, 2.05) is 24.3 Å². The fourth-order valence-corrected chi connectivity index (χ4v) is 4.36. The average Bonchev–Trinajstić information content (AvgIpc) is 3.39. The van der Waals surface area contributed by atoms with Gasteiger partial charge >= 0.3 is 5.97 Å². The summed E-state index contributed by atoms with van der Waals surface area (Å²) in [6, 6.07) is 11.7. The van der Waals surface area contributed by atoms with Gasteiger partial charge in [-0.05, 0) is 31.2 Å². The Morgan fingerprint density at radius 3 is 2.82 bits per heavy atom. The summed E-state index contributed by atoms with van der Waals surface area (Å²) in [5.74, 6) is -2.05. The number of benzene rings is 2. The third-order valence-corrected chi connectivity index (χ3v) is 6.04. The molecule has 0 atom stereocenters. The molecule has 0 radical (unpaired) electrons. The lowest BCUT2D eigenvalue weighted by Crippen LogP contribution is -2.21. The number of aromatic nitrogens is 2. The van der Waals surface area contributed by atoms with Gasteiger partial charge in [0.05, 0.1) is 16.3 Å². The van der Waals surface area contributed by atoms with E-state index in [4.69, 9.17) is 20.9 Å². The molecule has 168 valence electrons. The first kappa shape index (κ1) is 23.1. The second-order valence-electron chi connectivity index (χ2n) is 6.73. The molecule has 0 spiro atoms. The van der Waals surface area contributed by atoms with Gasteiger partial charge in [0.25, 0.3) is 5.91 Å². The summed E-state index contributed by atoms with van der Waals surface area (Å²) in [6.07, 6.45) is 0. The van der Waals surface area contributed by atoms with Gasteiger partial charge in [0.2, 0.25) is 0 Å². The molecule has 33 heavy (non-hydrogen) atoms. The lowest BCUT2D eigenvalue weighted by molar-refractivity contribution is -0.119. The number of carbonyl (C=O) groups is 2. The quantitative estimate of drug-likeness (QED) is 0.291. The normalized spacial score (nSPS) is 10.8. The van der Waals surface area contributed by atoms with Crippen molar-refractivity contribution < 1.29 is 23.2 Å². The van der Waals surface area contributed by atoms with E-state index < -0.39 is 24.3 Å². The van der Waals surface area contributed by atoms with Crippen molar-refractivity contribution in [1.29, 1.82) is 0 Å². The minimum Gasteiger partial charge on any atom is -0.452 e. The largest absolute Gasteiger partial charge is 0.452 e. The average molecular weight is 551 g/mol. The molecule has 0 aliphatic carbocycles. The maximum absolute atomic E-state index is 14.3. The molecule has 0 aliphatic heterocycles. The molecule has 0 bridgehead atoms. The summed E-state index contributed by atoms with van der Waals surface area (Å²) < 4.78 is 25.4. The molecule has 1 N–H and O–H groups in total. The Morgan fingerprint density at radius 1 is 1.27 bits per heavy atom. The van der Waals surface area contributed by atoms with Crippen LogP contribution in [0.4, 0.5) is 9.52 Å². The van der Waals surface area contributed by atoms with Crippen molar-refractivity contribution in [2.45, 2.75) is 6.92 Å². The number of ether oxygens (including phenoxy) is 1. The number of rotatable bonds is 6. The summed E-state index contributed by atoms with van der Waals surface area (Å²) in [5, 5.41) is 8.54. The van der Waals surface area contributed by atoms with Crippen molar-refractivity contribution in [3.63, 3.8) is 0 Å². The molecule has 0 saturated heterocycles. The fraction of sp³-hybridized carbons (Fsp3) is 0.0909. The van der Waals surface area contributed by atoms with Crippen molar-refractivity contribution in [3.05, 3.63) is 74.5 Å². The summed E-state index contributed by atoms with van der Waals surface area (Å²) in [6.45, 7) is 0.890. The molecule has 11 heteroatoms. The van der Waals surface area contributed by atoms with Gasteiger partial charge in [0.15, 0.2) is 11.7 Å². The lowest BCUT2D eigenvalue weighted by Gasteiger charge is -2.07. The van der Waals surface area contributed by atoms with E-state index in [1.54, 1.807) is 5.38 Å². The summed E-state index contributed by atoms with van der Waals surface area (Å²) >= 11 is 10.7. The van der Waals surface area contributed by atoms with E-state index in [1.165, 1.54) is 36.5 Å². The Bertz CT molecular complexity index is 1340. The molecular formula is C22H14BrClFN3O4S. The third kappa shape index (κ3) is 5.13. The van der Waals surface area contributed by atoms with Crippen LogP contribution in [0.2, 0.25) is 5.02 Å². The highest BCUT2D eigenvalue weighted by Crippen LogP contribution is 2.33. The number of nitrogens with one attached hydrogen (secondary N) is 1. The van der Waals surface area contributed by atoms with E-state index >= 15 is 0 Å². The number of amides is 1. The van der Waals surface area contributed by atoms with Gasteiger partial charge in [-0.1, -0.05) is 50.9 Å². The molecule has 4 aromatic rings.